The van der Waals surface area contributed by atoms with Gasteiger partial charge in [0.1, 0.15) is 11.4 Å². The fourth-order valence-electron chi connectivity index (χ4n) is 5.60. The first kappa shape index (κ1) is 22.8. The van der Waals surface area contributed by atoms with E-state index in [2.05, 4.69) is 31.2 Å². The molecule has 0 unspecified atom stereocenters. The smallest absolute Gasteiger partial charge is 0.415 e. The van der Waals surface area contributed by atoms with Crippen LogP contribution in [0.5, 0.6) is 0 Å². The van der Waals surface area contributed by atoms with Crippen LogP contribution in [0.2, 0.25) is 0 Å². The summed E-state index contributed by atoms with van der Waals surface area (Å²) in [7, 11) is 0. The SMILES string of the molecule is Cc1ccc(C2(C(=O)N3CCC[C@@]4(CC3)CN(c3ccc(F)cc3)C(=O)O4)CCOCC2)cc1. The van der Waals surface area contributed by atoms with Crippen LogP contribution in [0, 0.1) is 12.7 Å². The number of nitrogens with zero attached hydrogens (tertiary/aromatic N) is 2. The summed E-state index contributed by atoms with van der Waals surface area (Å²) in [5.41, 5.74) is 1.65. The molecule has 1 spiro atoms. The van der Waals surface area contributed by atoms with Crippen molar-refractivity contribution in [1.29, 1.82) is 0 Å². The fourth-order valence-corrected chi connectivity index (χ4v) is 5.60. The molecule has 0 saturated carbocycles. The summed E-state index contributed by atoms with van der Waals surface area (Å²) in [6, 6.07) is 14.2. The molecule has 0 aliphatic carbocycles. The Balaban J connectivity index is 1.34. The maximum atomic E-state index is 14.0. The van der Waals surface area contributed by atoms with Crippen LogP contribution in [-0.4, -0.2) is 55.3 Å². The van der Waals surface area contributed by atoms with Gasteiger partial charge in [0, 0.05) is 38.4 Å². The largest absolute Gasteiger partial charge is 0.441 e. The normalized spacial score (nSPS) is 24.7. The Hall–Kier alpha value is -2.93. The molecule has 5 rings (SSSR count). The third kappa shape index (κ3) is 4.17. The van der Waals surface area contributed by atoms with Crippen molar-refractivity contribution in [2.75, 3.05) is 37.7 Å². The van der Waals surface area contributed by atoms with Crippen molar-refractivity contribution in [1.82, 2.24) is 4.90 Å². The number of halogens is 1. The first-order valence-corrected chi connectivity index (χ1v) is 12.1. The van der Waals surface area contributed by atoms with Gasteiger partial charge in [-0.25, -0.2) is 9.18 Å². The zero-order valence-electron chi connectivity index (χ0n) is 19.6. The number of rotatable bonds is 3. The molecule has 2 aromatic rings. The van der Waals surface area contributed by atoms with Gasteiger partial charge in [-0.05, 0) is 62.4 Å². The Morgan fingerprint density at radius 1 is 0.941 bits per heavy atom. The molecule has 0 bridgehead atoms. The highest BCUT2D eigenvalue weighted by atomic mass is 19.1. The van der Waals surface area contributed by atoms with Gasteiger partial charge in [0.15, 0.2) is 0 Å². The minimum absolute atomic E-state index is 0.149. The van der Waals surface area contributed by atoms with Gasteiger partial charge in [0.25, 0.3) is 0 Å². The lowest BCUT2D eigenvalue weighted by atomic mass is 9.72. The van der Waals surface area contributed by atoms with Crippen molar-refractivity contribution in [3.05, 3.63) is 65.5 Å². The number of ether oxygens (including phenoxy) is 2. The molecule has 180 valence electrons. The minimum atomic E-state index is -0.632. The molecular weight excluding hydrogens is 435 g/mol. The van der Waals surface area contributed by atoms with Gasteiger partial charge in [0.2, 0.25) is 5.91 Å². The standard InChI is InChI=1S/C27H31FN2O4/c1-20-3-5-21(6-4-20)27(13-17-33-18-14-27)24(31)29-15-2-11-26(12-16-29)19-30(25(32)34-26)23-9-7-22(28)8-10-23/h3-10H,2,11-19H2,1H3/t26-/m1/s1. The van der Waals surface area contributed by atoms with E-state index in [4.69, 9.17) is 9.47 Å². The van der Waals surface area contributed by atoms with Gasteiger partial charge >= 0.3 is 6.09 Å². The molecule has 3 heterocycles. The minimum Gasteiger partial charge on any atom is -0.441 e. The molecule has 0 aromatic heterocycles. The van der Waals surface area contributed by atoms with E-state index >= 15 is 0 Å². The van der Waals surface area contributed by atoms with Crippen LogP contribution in [-0.2, 0) is 19.7 Å². The first-order valence-electron chi connectivity index (χ1n) is 12.1. The third-order valence-electron chi connectivity index (χ3n) is 7.65. The molecule has 2 amide bonds. The number of anilines is 1. The predicted molar refractivity (Wildman–Crippen MR) is 126 cm³/mol. The fraction of sp³-hybridized carbons (Fsp3) is 0.481. The molecular formula is C27H31FN2O4. The summed E-state index contributed by atoms with van der Waals surface area (Å²) in [6.45, 7) is 4.79. The zero-order valence-corrected chi connectivity index (χ0v) is 19.6. The first-order chi connectivity index (χ1) is 16.4. The number of amides is 2. The van der Waals surface area contributed by atoms with Crippen LogP contribution in [0.4, 0.5) is 14.9 Å². The molecule has 6 nitrogen and oxygen atoms in total. The quantitative estimate of drug-likeness (QED) is 0.664. The molecule has 3 aliphatic rings. The van der Waals surface area contributed by atoms with E-state index in [1.54, 1.807) is 17.0 Å². The lowest BCUT2D eigenvalue weighted by molar-refractivity contribution is -0.141. The van der Waals surface area contributed by atoms with Gasteiger partial charge in [-0.15, -0.1) is 0 Å². The third-order valence-corrected chi connectivity index (χ3v) is 7.65. The Kier molecular flexibility index (Phi) is 6.06. The van der Waals surface area contributed by atoms with Gasteiger partial charge in [0.05, 0.1) is 12.0 Å². The van der Waals surface area contributed by atoms with Gasteiger partial charge in [-0.2, -0.15) is 0 Å². The summed E-state index contributed by atoms with van der Waals surface area (Å²) in [5.74, 6) is -0.193. The molecule has 3 saturated heterocycles. The number of likely N-dealkylation sites (tertiary alicyclic amines) is 1. The molecule has 34 heavy (non-hydrogen) atoms. The molecule has 2 aromatic carbocycles. The molecule has 0 N–H and O–H groups in total. The molecule has 1 atom stereocenters. The highest BCUT2D eigenvalue weighted by Gasteiger charge is 2.49. The van der Waals surface area contributed by atoms with Crippen molar-refractivity contribution in [2.24, 2.45) is 0 Å². The van der Waals surface area contributed by atoms with Crippen LogP contribution < -0.4 is 4.90 Å². The molecule has 3 fully saturated rings. The highest BCUT2D eigenvalue weighted by Crippen LogP contribution is 2.40. The van der Waals surface area contributed by atoms with Crippen LogP contribution in [0.15, 0.2) is 48.5 Å². The molecule has 3 aliphatic heterocycles. The Bertz CT molecular complexity index is 1050. The van der Waals surface area contributed by atoms with Crippen LogP contribution in [0.3, 0.4) is 0 Å². The van der Waals surface area contributed by atoms with E-state index in [1.807, 2.05) is 4.90 Å². The number of carbonyl (C=O) groups is 2. The average molecular weight is 467 g/mol. The van der Waals surface area contributed by atoms with E-state index in [-0.39, 0.29) is 11.7 Å². The zero-order chi connectivity index (χ0) is 23.8. The van der Waals surface area contributed by atoms with E-state index in [0.717, 1.165) is 12.0 Å². The summed E-state index contributed by atoms with van der Waals surface area (Å²) in [5, 5.41) is 0. The molecule has 7 heteroatoms. The molecule has 0 radical (unpaired) electrons. The summed E-state index contributed by atoms with van der Waals surface area (Å²) >= 11 is 0. The number of aryl methyl sites for hydroxylation is 1. The monoisotopic (exact) mass is 466 g/mol. The van der Waals surface area contributed by atoms with E-state index in [1.165, 1.54) is 17.7 Å². The van der Waals surface area contributed by atoms with Crippen molar-refractivity contribution in [2.45, 2.75) is 50.0 Å². The Morgan fingerprint density at radius 2 is 1.65 bits per heavy atom. The summed E-state index contributed by atoms with van der Waals surface area (Å²) in [6.07, 6.45) is 2.97. The maximum absolute atomic E-state index is 14.0. The Labute approximate surface area is 199 Å². The van der Waals surface area contributed by atoms with Crippen molar-refractivity contribution < 1.29 is 23.5 Å². The second kappa shape index (κ2) is 9.02. The predicted octanol–water partition coefficient (Wildman–Crippen LogP) is 4.59. The van der Waals surface area contributed by atoms with E-state index in [0.29, 0.717) is 64.2 Å². The van der Waals surface area contributed by atoms with Crippen LogP contribution >= 0.6 is 0 Å². The number of hydrogen-bond acceptors (Lipinski definition) is 4. The van der Waals surface area contributed by atoms with Crippen molar-refractivity contribution >= 4 is 17.7 Å². The topological polar surface area (TPSA) is 59.1 Å². The average Bonchev–Trinajstić information content (AvgIpc) is 3.04. The number of hydrogen-bond donors (Lipinski definition) is 0. The second-order valence-electron chi connectivity index (χ2n) is 9.82. The summed E-state index contributed by atoms with van der Waals surface area (Å²) < 4.78 is 24.9. The maximum Gasteiger partial charge on any atom is 0.415 e. The van der Waals surface area contributed by atoms with Crippen molar-refractivity contribution in [3.63, 3.8) is 0 Å². The number of benzene rings is 2. The van der Waals surface area contributed by atoms with Crippen LogP contribution in [0.1, 0.15) is 43.2 Å². The Morgan fingerprint density at radius 3 is 2.35 bits per heavy atom. The van der Waals surface area contributed by atoms with Gasteiger partial charge in [-0.1, -0.05) is 29.8 Å². The second-order valence-corrected chi connectivity index (χ2v) is 9.82. The van der Waals surface area contributed by atoms with Crippen LogP contribution in [0.25, 0.3) is 0 Å². The van der Waals surface area contributed by atoms with E-state index in [9.17, 15) is 14.0 Å². The lowest BCUT2D eigenvalue weighted by Crippen LogP contribution is -2.50. The summed E-state index contributed by atoms with van der Waals surface area (Å²) in [4.78, 5) is 30.2. The van der Waals surface area contributed by atoms with Crippen molar-refractivity contribution in [3.8, 4) is 0 Å². The highest BCUT2D eigenvalue weighted by molar-refractivity contribution is 5.90. The van der Waals surface area contributed by atoms with Gasteiger partial charge in [-0.3, -0.25) is 9.69 Å². The lowest BCUT2D eigenvalue weighted by Gasteiger charge is -2.40. The number of carbonyl (C=O) groups excluding carboxylic acids is 2. The van der Waals surface area contributed by atoms with Gasteiger partial charge < -0.3 is 14.4 Å². The van der Waals surface area contributed by atoms with E-state index < -0.39 is 17.1 Å².